The maximum Gasteiger partial charge on any atom is 0.188 e. The summed E-state index contributed by atoms with van der Waals surface area (Å²) in [5.41, 5.74) is 2.11. The van der Waals surface area contributed by atoms with Crippen molar-refractivity contribution in [3.05, 3.63) is 46.2 Å². The molecule has 3 nitrogen and oxygen atoms in total. The molecule has 94 valence electrons. The van der Waals surface area contributed by atoms with Crippen molar-refractivity contribution in [3.63, 3.8) is 0 Å². The van der Waals surface area contributed by atoms with Crippen LogP contribution in [0.3, 0.4) is 0 Å². The van der Waals surface area contributed by atoms with Crippen molar-refractivity contribution in [2.75, 3.05) is 7.11 Å². The van der Waals surface area contributed by atoms with Gasteiger partial charge in [0.15, 0.2) is 5.16 Å². The van der Waals surface area contributed by atoms with Gasteiger partial charge in [-0.3, -0.25) is 0 Å². The number of benzene rings is 1. The number of ether oxygens (including phenoxy) is 1. The van der Waals surface area contributed by atoms with E-state index in [1.165, 1.54) is 0 Å². The number of aromatic nitrogens is 2. The summed E-state index contributed by atoms with van der Waals surface area (Å²) in [6.45, 7) is 1.96. The van der Waals surface area contributed by atoms with Crippen LogP contribution in [0.2, 0.25) is 0 Å². The fourth-order valence-corrected chi connectivity index (χ4v) is 2.76. The maximum atomic E-state index is 5.34. The van der Waals surface area contributed by atoms with Gasteiger partial charge in [0.25, 0.3) is 0 Å². The lowest BCUT2D eigenvalue weighted by Crippen LogP contribution is -1.92. The minimum atomic E-state index is 0.784. The monoisotopic (exact) mass is 324 g/mol. The molecule has 0 saturated carbocycles. The molecule has 0 aliphatic heterocycles. The summed E-state index contributed by atoms with van der Waals surface area (Å²) >= 11 is 5.07. The lowest BCUT2D eigenvalue weighted by Gasteiger charge is -2.08. The van der Waals surface area contributed by atoms with E-state index in [4.69, 9.17) is 4.74 Å². The van der Waals surface area contributed by atoms with E-state index in [1.807, 2.05) is 25.1 Å². The predicted octanol–water partition coefficient (Wildman–Crippen LogP) is 3.85. The summed E-state index contributed by atoms with van der Waals surface area (Å²) in [7, 11) is 1.68. The molecule has 0 N–H and O–H groups in total. The van der Waals surface area contributed by atoms with Crippen molar-refractivity contribution in [2.45, 2.75) is 17.8 Å². The Hall–Kier alpha value is -1.07. The molecule has 2 rings (SSSR count). The molecule has 1 aromatic carbocycles. The van der Waals surface area contributed by atoms with Gasteiger partial charge in [-0.2, -0.15) is 0 Å². The van der Waals surface area contributed by atoms with Gasteiger partial charge in [0, 0.05) is 27.7 Å². The molecule has 1 heterocycles. The first-order valence-corrected chi connectivity index (χ1v) is 7.22. The second-order valence-electron chi connectivity index (χ2n) is 3.73. The van der Waals surface area contributed by atoms with E-state index < -0.39 is 0 Å². The molecule has 0 unspecified atom stereocenters. The van der Waals surface area contributed by atoms with Crippen molar-refractivity contribution in [3.8, 4) is 5.75 Å². The van der Waals surface area contributed by atoms with Crippen LogP contribution in [0.4, 0.5) is 0 Å². The largest absolute Gasteiger partial charge is 0.496 e. The number of methoxy groups -OCH3 is 1. The van der Waals surface area contributed by atoms with Crippen molar-refractivity contribution < 1.29 is 4.74 Å². The lowest BCUT2D eigenvalue weighted by molar-refractivity contribution is 0.411. The first-order valence-electron chi connectivity index (χ1n) is 5.44. The van der Waals surface area contributed by atoms with E-state index in [0.717, 1.165) is 32.4 Å². The summed E-state index contributed by atoms with van der Waals surface area (Å²) in [4.78, 5) is 8.60. The Balaban J connectivity index is 2.12. The van der Waals surface area contributed by atoms with E-state index in [1.54, 1.807) is 25.1 Å². The van der Waals surface area contributed by atoms with Gasteiger partial charge in [-0.25, -0.2) is 9.97 Å². The van der Waals surface area contributed by atoms with Gasteiger partial charge < -0.3 is 4.74 Å². The molecular weight excluding hydrogens is 312 g/mol. The van der Waals surface area contributed by atoms with Gasteiger partial charge in [-0.15, -0.1) is 0 Å². The predicted molar refractivity (Wildman–Crippen MR) is 77.0 cm³/mol. The minimum Gasteiger partial charge on any atom is -0.496 e. The van der Waals surface area contributed by atoms with Gasteiger partial charge in [-0.05, 0) is 31.2 Å². The molecule has 1 aromatic heterocycles. The molecule has 0 radical (unpaired) electrons. The Morgan fingerprint density at radius 3 is 2.89 bits per heavy atom. The Morgan fingerprint density at radius 2 is 2.17 bits per heavy atom. The van der Waals surface area contributed by atoms with Crippen LogP contribution < -0.4 is 4.74 Å². The summed E-state index contributed by atoms with van der Waals surface area (Å²) in [5, 5.41) is 0.789. The van der Waals surface area contributed by atoms with Crippen LogP contribution in [-0.4, -0.2) is 17.1 Å². The van der Waals surface area contributed by atoms with E-state index in [9.17, 15) is 0 Å². The van der Waals surface area contributed by atoms with Gasteiger partial charge in [0.05, 0.1) is 7.11 Å². The van der Waals surface area contributed by atoms with Crippen molar-refractivity contribution >= 4 is 27.7 Å². The standard InChI is InChI=1S/C13H13BrN2OS/c1-9-5-6-15-13(16-9)18-8-10-7-11(14)3-4-12(10)17-2/h3-7H,8H2,1-2H3. The Kier molecular flexibility index (Phi) is 4.60. The number of aryl methyl sites for hydroxylation is 1. The van der Waals surface area contributed by atoms with Crippen LogP contribution in [0, 0.1) is 6.92 Å². The molecule has 0 spiro atoms. The second kappa shape index (κ2) is 6.20. The summed E-state index contributed by atoms with van der Waals surface area (Å²) in [6.07, 6.45) is 1.78. The van der Waals surface area contributed by atoms with Crippen LogP contribution in [0.1, 0.15) is 11.3 Å². The molecule has 0 bridgehead atoms. The Labute approximate surface area is 119 Å². The minimum absolute atomic E-state index is 0.784. The van der Waals surface area contributed by atoms with Gasteiger partial charge in [0.1, 0.15) is 5.75 Å². The van der Waals surface area contributed by atoms with E-state index in [-0.39, 0.29) is 0 Å². The van der Waals surface area contributed by atoms with Crippen LogP contribution in [0.25, 0.3) is 0 Å². The third-order valence-electron chi connectivity index (χ3n) is 2.37. The van der Waals surface area contributed by atoms with Crippen molar-refractivity contribution in [1.29, 1.82) is 0 Å². The molecule has 2 aromatic rings. The molecule has 0 fully saturated rings. The van der Waals surface area contributed by atoms with Crippen LogP contribution in [-0.2, 0) is 5.75 Å². The van der Waals surface area contributed by atoms with Crippen molar-refractivity contribution in [1.82, 2.24) is 9.97 Å². The van der Waals surface area contributed by atoms with Crippen molar-refractivity contribution in [2.24, 2.45) is 0 Å². The highest BCUT2D eigenvalue weighted by Crippen LogP contribution is 2.28. The van der Waals surface area contributed by atoms with Crippen LogP contribution >= 0.6 is 27.7 Å². The Bertz CT molecular complexity index is 548. The third kappa shape index (κ3) is 3.46. The summed E-state index contributed by atoms with van der Waals surface area (Å²) < 4.78 is 6.38. The molecule has 0 aliphatic carbocycles. The number of thioether (sulfide) groups is 1. The molecule has 0 amide bonds. The highest BCUT2D eigenvalue weighted by Gasteiger charge is 2.06. The third-order valence-corrected chi connectivity index (χ3v) is 3.78. The van der Waals surface area contributed by atoms with Crippen LogP contribution in [0.15, 0.2) is 40.1 Å². The zero-order valence-corrected chi connectivity index (χ0v) is 12.6. The van der Waals surface area contributed by atoms with Gasteiger partial charge in [-0.1, -0.05) is 27.7 Å². The number of hydrogen-bond acceptors (Lipinski definition) is 4. The van der Waals surface area contributed by atoms with E-state index in [2.05, 4.69) is 32.0 Å². The smallest absolute Gasteiger partial charge is 0.188 e. The second-order valence-corrected chi connectivity index (χ2v) is 5.58. The van der Waals surface area contributed by atoms with Crippen LogP contribution in [0.5, 0.6) is 5.75 Å². The fraction of sp³-hybridized carbons (Fsp3) is 0.231. The number of nitrogens with zero attached hydrogens (tertiary/aromatic N) is 2. The zero-order chi connectivity index (χ0) is 13.0. The van der Waals surface area contributed by atoms with Gasteiger partial charge >= 0.3 is 0 Å². The Morgan fingerprint density at radius 1 is 1.33 bits per heavy atom. The van der Waals surface area contributed by atoms with E-state index >= 15 is 0 Å². The fourth-order valence-electron chi connectivity index (χ4n) is 1.50. The highest BCUT2D eigenvalue weighted by atomic mass is 79.9. The van der Waals surface area contributed by atoms with Gasteiger partial charge in [0.2, 0.25) is 0 Å². The molecule has 0 aliphatic rings. The highest BCUT2D eigenvalue weighted by molar-refractivity contribution is 9.10. The van der Waals surface area contributed by atoms with E-state index in [0.29, 0.717) is 0 Å². The lowest BCUT2D eigenvalue weighted by atomic mass is 10.2. The average Bonchev–Trinajstić information content (AvgIpc) is 2.37. The summed E-state index contributed by atoms with van der Waals surface area (Å²) in [5.74, 6) is 1.67. The zero-order valence-electron chi connectivity index (χ0n) is 10.2. The normalized spacial score (nSPS) is 10.4. The summed E-state index contributed by atoms with van der Waals surface area (Å²) in [6, 6.07) is 7.87. The quantitative estimate of drug-likeness (QED) is 0.632. The molecular formula is C13H13BrN2OS. The number of halogens is 1. The molecule has 0 atom stereocenters. The molecule has 0 saturated heterocycles. The molecule has 5 heteroatoms. The SMILES string of the molecule is COc1ccc(Br)cc1CSc1nccc(C)n1. The first kappa shape index (κ1) is 13.4. The first-order chi connectivity index (χ1) is 8.69. The number of hydrogen-bond donors (Lipinski definition) is 0. The maximum absolute atomic E-state index is 5.34. The number of rotatable bonds is 4. The average molecular weight is 325 g/mol. The topological polar surface area (TPSA) is 35.0 Å². The molecule has 18 heavy (non-hydrogen) atoms.